The Morgan fingerprint density at radius 2 is 1.66 bits per heavy atom. The molecule has 2 N–H and O–H groups in total. The molecular formula is C23H28N2O4. The van der Waals surface area contributed by atoms with Gasteiger partial charge in [0.1, 0.15) is 24.0 Å². The topological polar surface area (TPSA) is 78.9 Å². The summed E-state index contributed by atoms with van der Waals surface area (Å²) in [5.74, 6) is 0.346. The number of aliphatic hydroxyl groups is 1. The summed E-state index contributed by atoms with van der Waals surface area (Å²) in [6.07, 6.45) is -0.996. The Morgan fingerprint density at radius 3 is 2.31 bits per heavy atom. The van der Waals surface area contributed by atoms with Crippen LogP contribution in [-0.4, -0.2) is 41.2 Å². The van der Waals surface area contributed by atoms with E-state index in [0.29, 0.717) is 5.56 Å². The number of β-amino-alcohol motifs (C(OH)–C–C–N with tert-alkyl or cyclic N) is 1. The number of rotatable bonds is 6. The lowest BCUT2D eigenvalue weighted by Crippen LogP contribution is -2.42. The molecule has 0 bridgehead atoms. The van der Waals surface area contributed by atoms with E-state index in [1.54, 1.807) is 6.92 Å². The van der Waals surface area contributed by atoms with Gasteiger partial charge >= 0.3 is 6.03 Å². The van der Waals surface area contributed by atoms with E-state index in [1.807, 2.05) is 64.1 Å². The number of imide groups is 1. The first-order valence-corrected chi connectivity index (χ1v) is 9.72. The number of nitrogens with zero attached hydrogens (tertiary/aromatic N) is 1. The molecule has 29 heavy (non-hydrogen) atoms. The molecule has 0 unspecified atom stereocenters. The van der Waals surface area contributed by atoms with Crippen molar-refractivity contribution < 1.29 is 19.4 Å². The van der Waals surface area contributed by atoms with Gasteiger partial charge in [0.2, 0.25) is 0 Å². The van der Waals surface area contributed by atoms with E-state index in [4.69, 9.17) is 4.74 Å². The molecule has 6 nitrogen and oxygen atoms in total. The molecule has 0 spiro atoms. The van der Waals surface area contributed by atoms with Gasteiger partial charge in [-0.05, 0) is 56.9 Å². The molecule has 1 saturated heterocycles. The minimum atomic E-state index is -1.14. The standard InChI is InChI=1S/C23H28N2O4/c1-14-6-10-18(11-7-14)23(5)21(27)25(22(28)24-23)12-19(26)13-29-20-16(3)9-8-15(2)17(20)4/h6-11,19,26H,12-13H2,1-5H3,(H,24,28)/t19-,23-/m1/s1. The van der Waals surface area contributed by atoms with Crippen LogP contribution in [0.2, 0.25) is 0 Å². The molecule has 0 aliphatic carbocycles. The summed E-state index contributed by atoms with van der Waals surface area (Å²) in [6, 6.07) is 10.9. The smallest absolute Gasteiger partial charge is 0.325 e. The van der Waals surface area contributed by atoms with Gasteiger partial charge in [-0.25, -0.2) is 4.79 Å². The Balaban J connectivity index is 1.69. The molecule has 1 aliphatic rings. The van der Waals surface area contributed by atoms with Crippen LogP contribution in [-0.2, 0) is 10.3 Å². The van der Waals surface area contributed by atoms with E-state index in [9.17, 15) is 14.7 Å². The highest BCUT2D eigenvalue weighted by Gasteiger charge is 2.49. The second kappa shape index (κ2) is 7.87. The van der Waals surface area contributed by atoms with Crippen LogP contribution in [0.4, 0.5) is 4.79 Å². The molecule has 0 radical (unpaired) electrons. The Hall–Kier alpha value is -2.86. The first kappa shape index (κ1) is 20.9. The largest absolute Gasteiger partial charge is 0.490 e. The summed E-state index contributed by atoms with van der Waals surface area (Å²) in [7, 11) is 0. The lowest BCUT2D eigenvalue weighted by molar-refractivity contribution is -0.132. The number of ether oxygens (including phenoxy) is 1. The molecule has 154 valence electrons. The van der Waals surface area contributed by atoms with Crippen LogP contribution in [0.25, 0.3) is 0 Å². The van der Waals surface area contributed by atoms with Crippen molar-refractivity contribution in [1.82, 2.24) is 10.2 Å². The highest BCUT2D eigenvalue weighted by Crippen LogP contribution is 2.29. The predicted octanol–water partition coefficient (Wildman–Crippen LogP) is 3.13. The molecule has 1 fully saturated rings. The first-order chi connectivity index (χ1) is 13.6. The number of nitrogens with one attached hydrogen (secondary N) is 1. The number of hydrogen-bond acceptors (Lipinski definition) is 4. The van der Waals surface area contributed by atoms with Gasteiger partial charge in [-0.2, -0.15) is 0 Å². The second-order valence-electron chi connectivity index (χ2n) is 7.96. The average molecular weight is 396 g/mol. The number of benzene rings is 2. The summed E-state index contributed by atoms with van der Waals surface area (Å²) in [5.41, 5.74) is 3.72. The number of aryl methyl sites for hydroxylation is 3. The molecule has 0 saturated carbocycles. The van der Waals surface area contributed by atoms with Crippen LogP contribution in [0.15, 0.2) is 36.4 Å². The fourth-order valence-corrected chi connectivity index (χ4v) is 3.54. The Labute approximate surface area is 171 Å². The normalized spacial score (nSPS) is 20.0. The van der Waals surface area contributed by atoms with Crippen molar-refractivity contribution in [2.75, 3.05) is 13.2 Å². The fraction of sp³-hybridized carbons (Fsp3) is 0.391. The third-order valence-corrected chi connectivity index (χ3v) is 5.59. The number of urea groups is 1. The first-order valence-electron chi connectivity index (χ1n) is 9.72. The van der Waals surface area contributed by atoms with Crippen LogP contribution in [0.5, 0.6) is 5.75 Å². The van der Waals surface area contributed by atoms with Crippen molar-refractivity contribution in [3.63, 3.8) is 0 Å². The number of carbonyl (C=O) groups is 2. The number of carbonyl (C=O) groups excluding carboxylic acids is 2. The molecule has 3 rings (SSSR count). The molecule has 6 heteroatoms. The zero-order valence-corrected chi connectivity index (χ0v) is 17.6. The van der Waals surface area contributed by atoms with Gasteiger partial charge in [0.05, 0.1) is 6.54 Å². The third-order valence-electron chi connectivity index (χ3n) is 5.59. The van der Waals surface area contributed by atoms with Crippen molar-refractivity contribution in [3.05, 3.63) is 64.2 Å². The van der Waals surface area contributed by atoms with E-state index in [2.05, 4.69) is 5.32 Å². The van der Waals surface area contributed by atoms with Crippen molar-refractivity contribution in [1.29, 1.82) is 0 Å². The SMILES string of the molecule is Cc1ccc([C@@]2(C)NC(=O)N(C[C@@H](O)COc3c(C)ccc(C)c3C)C2=O)cc1. The maximum absolute atomic E-state index is 13.0. The number of amides is 3. The highest BCUT2D eigenvalue weighted by atomic mass is 16.5. The lowest BCUT2D eigenvalue weighted by atomic mass is 9.91. The van der Waals surface area contributed by atoms with Crippen LogP contribution >= 0.6 is 0 Å². The monoisotopic (exact) mass is 396 g/mol. The molecule has 1 aliphatic heterocycles. The molecule has 2 aromatic rings. The summed E-state index contributed by atoms with van der Waals surface area (Å²) in [6.45, 7) is 9.41. The molecule has 3 amide bonds. The quantitative estimate of drug-likeness (QED) is 0.736. The van der Waals surface area contributed by atoms with Gasteiger partial charge in [-0.15, -0.1) is 0 Å². The summed E-state index contributed by atoms with van der Waals surface area (Å²) in [4.78, 5) is 26.5. The Kier molecular flexibility index (Phi) is 5.66. The molecule has 1 heterocycles. The zero-order valence-electron chi connectivity index (χ0n) is 17.6. The summed E-state index contributed by atoms with van der Waals surface area (Å²) >= 11 is 0. The van der Waals surface area contributed by atoms with Gasteiger partial charge in [0, 0.05) is 0 Å². The van der Waals surface area contributed by atoms with Gasteiger partial charge < -0.3 is 15.2 Å². The van der Waals surface area contributed by atoms with E-state index in [1.165, 1.54) is 0 Å². The number of aliphatic hydroxyl groups excluding tert-OH is 1. The Morgan fingerprint density at radius 1 is 1.03 bits per heavy atom. The van der Waals surface area contributed by atoms with Gasteiger partial charge in [-0.1, -0.05) is 42.0 Å². The molecule has 0 aromatic heterocycles. The van der Waals surface area contributed by atoms with Crippen molar-refractivity contribution in [2.45, 2.75) is 46.3 Å². The van der Waals surface area contributed by atoms with E-state index < -0.39 is 17.7 Å². The van der Waals surface area contributed by atoms with E-state index >= 15 is 0 Å². The Bertz CT molecular complexity index is 939. The summed E-state index contributed by atoms with van der Waals surface area (Å²) < 4.78 is 5.82. The van der Waals surface area contributed by atoms with Crippen LogP contribution in [0, 0.1) is 27.7 Å². The van der Waals surface area contributed by atoms with Crippen LogP contribution in [0.3, 0.4) is 0 Å². The highest BCUT2D eigenvalue weighted by molar-refractivity contribution is 6.07. The van der Waals surface area contributed by atoms with Crippen molar-refractivity contribution >= 4 is 11.9 Å². The maximum Gasteiger partial charge on any atom is 0.325 e. The second-order valence-corrected chi connectivity index (χ2v) is 7.96. The molecular weight excluding hydrogens is 368 g/mol. The van der Waals surface area contributed by atoms with Gasteiger partial charge in [-0.3, -0.25) is 9.69 Å². The van der Waals surface area contributed by atoms with Gasteiger partial charge in [0.15, 0.2) is 0 Å². The zero-order chi connectivity index (χ0) is 21.3. The van der Waals surface area contributed by atoms with E-state index in [0.717, 1.165) is 32.9 Å². The maximum atomic E-state index is 13.0. The molecule has 2 aromatic carbocycles. The fourth-order valence-electron chi connectivity index (χ4n) is 3.54. The van der Waals surface area contributed by atoms with Gasteiger partial charge in [0.25, 0.3) is 5.91 Å². The molecule has 2 atom stereocenters. The third kappa shape index (κ3) is 3.98. The van der Waals surface area contributed by atoms with Crippen LogP contribution < -0.4 is 10.1 Å². The van der Waals surface area contributed by atoms with E-state index in [-0.39, 0.29) is 19.1 Å². The van der Waals surface area contributed by atoms with Crippen LogP contribution in [0.1, 0.15) is 34.7 Å². The predicted molar refractivity (Wildman–Crippen MR) is 111 cm³/mol. The minimum Gasteiger partial charge on any atom is -0.490 e. The average Bonchev–Trinajstić information content (AvgIpc) is 2.89. The number of hydrogen-bond donors (Lipinski definition) is 2. The minimum absolute atomic E-state index is 0.0105. The van der Waals surface area contributed by atoms with Crippen molar-refractivity contribution in [3.8, 4) is 5.75 Å². The summed E-state index contributed by atoms with van der Waals surface area (Å²) in [5, 5.41) is 13.2. The van der Waals surface area contributed by atoms with Crippen molar-refractivity contribution in [2.24, 2.45) is 0 Å². The lowest BCUT2D eigenvalue weighted by Gasteiger charge is -2.23.